The summed E-state index contributed by atoms with van der Waals surface area (Å²) in [4.78, 5) is 8.10. The van der Waals surface area contributed by atoms with Gasteiger partial charge in [0.2, 0.25) is 0 Å². The first-order chi connectivity index (χ1) is 9.15. The normalized spacial score (nSPS) is 9.95. The van der Waals surface area contributed by atoms with Crippen LogP contribution in [-0.2, 0) is 6.42 Å². The van der Waals surface area contributed by atoms with E-state index in [0.29, 0.717) is 34.3 Å². The van der Waals surface area contributed by atoms with Gasteiger partial charge in [-0.2, -0.15) is 5.26 Å². The maximum Gasteiger partial charge on any atom is 0.139 e. The molecule has 0 unspecified atom stereocenters. The molecule has 1 heterocycles. The Bertz CT molecular complexity index is 648. The van der Waals surface area contributed by atoms with Crippen molar-refractivity contribution in [2.75, 3.05) is 11.1 Å². The summed E-state index contributed by atoms with van der Waals surface area (Å²) >= 11 is 5.94. The molecule has 0 aliphatic heterocycles. The molecule has 6 heteroatoms. The second kappa shape index (κ2) is 5.55. The van der Waals surface area contributed by atoms with Crippen molar-refractivity contribution in [3.05, 3.63) is 40.7 Å². The zero-order valence-corrected chi connectivity index (χ0v) is 11.1. The number of nitrogens with two attached hydrogens (primary N) is 1. The number of nitrogens with zero attached hydrogens (tertiary/aromatic N) is 3. The molecule has 0 saturated carbocycles. The summed E-state index contributed by atoms with van der Waals surface area (Å²) in [5.41, 5.74) is 7.70. The molecule has 0 atom stereocenters. The lowest BCUT2D eigenvalue weighted by atomic mass is 10.1. The third kappa shape index (κ3) is 2.75. The number of hydrogen-bond acceptors (Lipinski definition) is 5. The molecule has 0 saturated heterocycles. The van der Waals surface area contributed by atoms with Crippen LogP contribution in [0.5, 0.6) is 0 Å². The van der Waals surface area contributed by atoms with Crippen molar-refractivity contribution < 1.29 is 0 Å². The number of anilines is 3. The molecule has 0 aliphatic carbocycles. The van der Waals surface area contributed by atoms with Gasteiger partial charge in [0.1, 0.15) is 24.0 Å². The molecule has 0 radical (unpaired) electrons. The summed E-state index contributed by atoms with van der Waals surface area (Å²) < 4.78 is 0. The topological polar surface area (TPSA) is 87.6 Å². The lowest BCUT2D eigenvalue weighted by molar-refractivity contribution is 1.06. The Hall–Kier alpha value is -2.32. The zero-order chi connectivity index (χ0) is 13.8. The maximum atomic E-state index is 9.08. The highest BCUT2D eigenvalue weighted by Crippen LogP contribution is 2.26. The maximum absolute atomic E-state index is 9.08. The summed E-state index contributed by atoms with van der Waals surface area (Å²) in [6, 6.07) is 7.10. The molecule has 0 fully saturated rings. The van der Waals surface area contributed by atoms with E-state index in [-0.39, 0.29) is 0 Å². The summed E-state index contributed by atoms with van der Waals surface area (Å²) in [6.07, 6.45) is 2.07. The number of rotatable bonds is 3. The Morgan fingerprint density at radius 2 is 2.21 bits per heavy atom. The van der Waals surface area contributed by atoms with Crippen LogP contribution in [0.25, 0.3) is 0 Å². The zero-order valence-electron chi connectivity index (χ0n) is 10.3. The van der Waals surface area contributed by atoms with Gasteiger partial charge in [-0.15, -0.1) is 0 Å². The van der Waals surface area contributed by atoms with Crippen LogP contribution in [0.2, 0.25) is 5.02 Å². The van der Waals surface area contributed by atoms with E-state index in [1.807, 2.05) is 6.92 Å². The average molecular weight is 274 g/mol. The SMILES string of the molecule is CCc1c(N)ncnc1Nc1cc(Cl)ccc1C#N. The number of nitriles is 1. The molecule has 0 spiro atoms. The van der Waals surface area contributed by atoms with Crippen molar-refractivity contribution in [1.29, 1.82) is 5.26 Å². The molecule has 0 amide bonds. The number of nitrogen functional groups attached to an aromatic ring is 1. The van der Waals surface area contributed by atoms with Gasteiger partial charge in [0, 0.05) is 10.6 Å². The van der Waals surface area contributed by atoms with E-state index in [2.05, 4.69) is 21.4 Å². The van der Waals surface area contributed by atoms with Gasteiger partial charge in [-0.05, 0) is 24.6 Å². The Balaban J connectivity index is 2.45. The van der Waals surface area contributed by atoms with Gasteiger partial charge in [-0.1, -0.05) is 18.5 Å². The molecular formula is C13H12ClN5. The third-order valence-electron chi connectivity index (χ3n) is 2.69. The number of nitrogens with one attached hydrogen (secondary N) is 1. The van der Waals surface area contributed by atoms with Crippen LogP contribution in [0.4, 0.5) is 17.3 Å². The fourth-order valence-corrected chi connectivity index (χ4v) is 1.90. The predicted molar refractivity (Wildman–Crippen MR) is 75.3 cm³/mol. The first-order valence-electron chi connectivity index (χ1n) is 5.71. The minimum atomic E-state index is 0.431. The Morgan fingerprint density at radius 1 is 1.42 bits per heavy atom. The van der Waals surface area contributed by atoms with E-state index >= 15 is 0 Å². The molecule has 1 aromatic heterocycles. The fourth-order valence-electron chi connectivity index (χ4n) is 1.73. The van der Waals surface area contributed by atoms with Crippen molar-refractivity contribution in [3.8, 4) is 6.07 Å². The van der Waals surface area contributed by atoms with Gasteiger partial charge >= 0.3 is 0 Å². The summed E-state index contributed by atoms with van der Waals surface area (Å²) in [5.74, 6) is 1.02. The van der Waals surface area contributed by atoms with Crippen molar-refractivity contribution >= 4 is 28.9 Å². The van der Waals surface area contributed by atoms with Crippen LogP contribution in [0.15, 0.2) is 24.5 Å². The van der Waals surface area contributed by atoms with Gasteiger partial charge in [-0.3, -0.25) is 0 Å². The van der Waals surface area contributed by atoms with Crippen molar-refractivity contribution in [2.45, 2.75) is 13.3 Å². The lowest BCUT2D eigenvalue weighted by Gasteiger charge is -2.12. The highest BCUT2D eigenvalue weighted by atomic mass is 35.5. The molecule has 5 nitrogen and oxygen atoms in total. The Kier molecular flexibility index (Phi) is 3.83. The quantitative estimate of drug-likeness (QED) is 0.898. The van der Waals surface area contributed by atoms with Crippen LogP contribution in [0.3, 0.4) is 0 Å². The molecule has 0 aliphatic rings. The number of halogens is 1. The minimum Gasteiger partial charge on any atom is -0.383 e. The first kappa shape index (κ1) is 13.1. The van der Waals surface area contributed by atoms with Crippen molar-refractivity contribution in [2.24, 2.45) is 0 Å². The summed E-state index contributed by atoms with van der Waals surface area (Å²) in [7, 11) is 0. The van der Waals surface area contributed by atoms with Gasteiger partial charge < -0.3 is 11.1 Å². The van der Waals surface area contributed by atoms with Crippen molar-refractivity contribution in [3.63, 3.8) is 0 Å². The molecule has 1 aromatic carbocycles. The molecular weight excluding hydrogens is 262 g/mol. The van der Waals surface area contributed by atoms with Gasteiger partial charge in [-0.25, -0.2) is 9.97 Å². The highest BCUT2D eigenvalue weighted by Gasteiger charge is 2.10. The second-order valence-corrected chi connectivity index (χ2v) is 4.30. The minimum absolute atomic E-state index is 0.431. The average Bonchev–Trinajstić information content (AvgIpc) is 2.39. The van der Waals surface area contributed by atoms with E-state index in [0.717, 1.165) is 5.56 Å². The first-order valence-corrected chi connectivity index (χ1v) is 6.09. The smallest absolute Gasteiger partial charge is 0.139 e. The van der Waals surface area contributed by atoms with Crippen molar-refractivity contribution in [1.82, 2.24) is 9.97 Å². The van der Waals surface area contributed by atoms with Crippen LogP contribution in [-0.4, -0.2) is 9.97 Å². The van der Waals surface area contributed by atoms with E-state index in [9.17, 15) is 0 Å². The monoisotopic (exact) mass is 273 g/mol. The summed E-state index contributed by atoms with van der Waals surface area (Å²) in [6.45, 7) is 1.96. The molecule has 96 valence electrons. The molecule has 3 N–H and O–H groups in total. The summed E-state index contributed by atoms with van der Waals surface area (Å²) in [5, 5.41) is 12.7. The van der Waals surface area contributed by atoms with Gasteiger partial charge in [0.05, 0.1) is 11.3 Å². The molecule has 19 heavy (non-hydrogen) atoms. The number of hydrogen-bond donors (Lipinski definition) is 2. The Labute approximate surface area is 116 Å². The van der Waals surface area contributed by atoms with E-state index in [4.69, 9.17) is 22.6 Å². The Morgan fingerprint density at radius 3 is 2.89 bits per heavy atom. The van der Waals surface area contributed by atoms with E-state index < -0.39 is 0 Å². The standard InChI is InChI=1S/C13H12ClN5/c1-2-10-12(16)17-7-18-13(10)19-11-5-9(14)4-3-8(11)6-15/h3-5,7H,2H2,1H3,(H3,16,17,18,19). The van der Waals surface area contributed by atoms with Crippen LogP contribution in [0.1, 0.15) is 18.1 Å². The van der Waals surface area contributed by atoms with Gasteiger partial charge in [0.25, 0.3) is 0 Å². The van der Waals surface area contributed by atoms with Crippen LogP contribution >= 0.6 is 11.6 Å². The van der Waals surface area contributed by atoms with E-state index in [1.165, 1.54) is 6.33 Å². The molecule has 0 bridgehead atoms. The van der Waals surface area contributed by atoms with Gasteiger partial charge in [0.15, 0.2) is 0 Å². The van der Waals surface area contributed by atoms with E-state index in [1.54, 1.807) is 18.2 Å². The molecule has 2 rings (SSSR count). The predicted octanol–water partition coefficient (Wildman–Crippen LogP) is 2.89. The molecule has 2 aromatic rings. The van der Waals surface area contributed by atoms with Crippen LogP contribution in [0, 0.1) is 11.3 Å². The fraction of sp³-hybridized carbons (Fsp3) is 0.154. The third-order valence-corrected chi connectivity index (χ3v) is 2.92. The largest absolute Gasteiger partial charge is 0.383 e. The second-order valence-electron chi connectivity index (χ2n) is 3.87. The lowest BCUT2D eigenvalue weighted by Crippen LogP contribution is -2.05. The number of aromatic nitrogens is 2. The highest BCUT2D eigenvalue weighted by molar-refractivity contribution is 6.30. The number of benzene rings is 1. The van der Waals surface area contributed by atoms with Crippen LogP contribution < -0.4 is 11.1 Å².